The number of benzene rings is 2. The van der Waals surface area contributed by atoms with Gasteiger partial charge in [-0.1, -0.05) is 18.2 Å². The molecule has 1 heterocycles. The SMILES string of the molecule is CC(C)(C)OC(=O)N[C@H]1CCC(=O)N(CCc2ccccc2F)[C@@H]1c1cc(F)ccc1F. The van der Waals surface area contributed by atoms with E-state index in [0.29, 0.717) is 5.56 Å². The molecule has 2 aromatic rings. The molecule has 1 N–H and O–H groups in total. The van der Waals surface area contributed by atoms with Crippen LogP contribution in [0.5, 0.6) is 0 Å². The molecule has 0 radical (unpaired) electrons. The molecule has 1 aliphatic rings. The van der Waals surface area contributed by atoms with Gasteiger partial charge in [-0.2, -0.15) is 0 Å². The van der Waals surface area contributed by atoms with Gasteiger partial charge in [0.15, 0.2) is 0 Å². The lowest BCUT2D eigenvalue weighted by atomic mass is 9.89. The second-order valence-corrected chi connectivity index (χ2v) is 8.83. The molecule has 0 aliphatic carbocycles. The van der Waals surface area contributed by atoms with E-state index in [1.165, 1.54) is 11.0 Å². The summed E-state index contributed by atoms with van der Waals surface area (Å²) in [5.41, 5.74) is -0.396. The van der Waals surface area contributed by atoms with Crippen molar-refractivity contribution >= 4 is 12.0 Å². The maximum atomic E-state index is 14.8. The molecule has 1 fully saturated rings. The maximum absolute atomic E-state index is 14.8. The van der Waals surface area contributed by atoms with E-state index in [1.807, 2.05) is 0 Å². The number of hydrogen-bond acceptors (Lipinski definition) is 3. The quantitative estimate of drug-likeness (QED) is 0.708. The molecule has 0 spiro atoms. The van der Waals surface area contributed by atoms with E-state index >= 15 is 0 Å². The summed E-state index contributed by atoms with van der Waals surface area (Å²) in [6.45, 7) is 5.21. The zero-order valence-corrected chi connectivity index (χ0v) is 18.3. The number of likely N-dealkylation sites (tertiary alicyclic amines) is 1. The van der Waals surface area contributed by atoms with Gasteiger partial charge in [-0.15, -0.1) is 0 Å². The molecule has 2 amide bonds. The molecule has 0 unspecified atom stereocenters. The Morgan fingerprint density at radius 1 is 1.12 bits per heavy atom. The maximum Gasteiger partial charge on any atom is 0.407 e. The average molecular weight is 448 g/mol. The van der Waals surface area contributed by atoms with Gasteiger partial charge in [0.2, 0.25) is 5.91 Å². The Bertz CT molecular complexity index is 991. The fourth-order valence-corrected chi connectivity index (χ4v) is 3.89. The molecule has 2 atom stereocenters. The van der Waals surface area contributed by atoms with Crippen LogP contribution in [0.25, 0.3) is 0 Å². The van der Waals surface area contributed by atoms with Crippen molar-refractivity contribution in [1.29, 1.82) is 0 Å². The normalized spacial score (nSPS) is 19.1. The van der Waals surface area contributed by atoms with Crippen LogP contribution in [-0.4, -0.2) is 35.1 Å². The van der Waals surface area contributed by atoms with Crippen molar-refractivity contribution in [2.75, 3.05) is 6.54 Å². The number of ether oxygens (including phenoxy) is 1. The predicted octanol–water partition coefficient (Wildman–Crippen LogP) is 4.90. The van der Waals surface area contributed by atoms with E-state index in [-0.39, 0.29) is 37.3 Å². The number of piperidine rings is 1. The van der Waals surface area contributed by atoms with Crippen molar-refractivity contribution in [3.8, 4) is 0 Å². The Kier molecular flexibility index (Phi) is 7.11. The van der Waals surface area contributed by atoms with Gasteiger partial charge in [-0.05, 0) is 63.4 Å². The van der Waals surface area contributed by atoms with Crippen molar-refractivity contribution in [1.82, 2.24) is 10.2 Å². The monoisotopic (exact) mass is 448 g/mol. The van der Waals surface area contributed by atoms with Crippen LogP contribution in [0.15, 0.2) is 42.5 Å². The van der Waals surface area contributed by atoms with Crippen LogP contribution in [0.1, 0.15) is 50.8 Å². The second-order valence-electron chi connectivity index (χ2n) is 8.83. The third-order valence-corrected chi connectivity index (χ3v) is 5.27. The van der Waals surface area contributed by atoms with Gasteiger partial charge < -0.3 is 15.0 Å². The molecule has 0 aromatic heterocycles. The highest BCUT2D eigenvalue weighted by atomic mass is 19.1. The van der Waals surface area contributed by atoms with E-state index < -0.39 is 41.2 Å². The van der Waals surface area contributed by atoms with Crippen LogP contribution in [-0.2, 0) is 16.0 Å². The summed E-state index contributed by atoms with van der Waals surface area (Å²) in [5, 5.41) is 2.71. The lowest BCUT2D eigenvalue weighted by Gasteiger charge is -2.42. The third kappa shape index (κ3) is 5.81. The van der Waals surface area contributed by atoms with Gasteiger partial charge in [0.05, 0.1) is 12.1 Å². The van der Waals surface area contributed by atoms with Gasteiger partial charge in [-0.25, -0.2) is 18.0 Å². The summed E-state index contributed by atoms with van der Waals surface area (Å²) in [5.74, 6) is -2.05. The molecule has 0 saturated carbocycles. The average Bonchev–Trinajstić information content (AvgIpc) is 2.70. The van der Waals surface area contributed by atoms with Gasteiger partial charge in [0.1, 0.15) is 23.1 Å². The summed E-state index contributed by atoms with van der Waals surface area (Å²) in [4.78, 5) is 26.6. The Morgan fingerprint density at radius 2 is 1.84 bits per heavy atom. The van der Waals surface area contributed by atoms with E-state index in [4.69, 9.17) is 4.74 Å². The van der Waals surface area contributed by atoms with Crippen molar-refractivity contribution in [3.05, 3.63) is 71.0 Å². The van der Waals surface area contributed by atoms with E-state index in [2.05, 4.69) is 5.32 Å². The number of hydrogen-bond donors (Lipinski definition) is 1. The first-order chi connectivity index (χ1) is 15.0. The first-order valence-corrected chi connectivity index (χ1v) is 10.5. The Balaban J connectivity index is 1.92. The highest BCUT2D eigenvalue weighted by molar-refractivity contribution is 5.78. The number of nitrogens with zero attached hydrogens (tertiary/aromatic N) is 1. The summed E-state index contributed by atoms with van der Waals surface area (Å²) >= 11 is 0. The first-order valence-electron chi connectivity index (χ1n) is 10.5. The molecule has 0 bridgehead atoms. The van der Waals surface area contributed by atoms with E-state index in [1.54, 1.807) is 39.0 Å². The molecule has 3 rings (SSSR count). The van der Waals surface area contributed by atoms with Crippen LogP contribution in [0, 0.1) is 17.5 Å². The lowest BCUT2D eigenvalue weighted by Crippen LogP contribution is -2.53. The minimum atomic E-state index is -0.966. The summed E-state index contributed by atoms with van der Waals surface area (Å²) in [6.07, 6.45) is -0.196. The number of halogens is 3. The second kappa shape index (κ2) is 9.63. The van der Waals surface area contributed by atoms with Gasteiger partial charge >= 0.3 is 6.09 Å². The van der Waals surface area contributed by atoms with Gasteiger partial charge in [-0.3, -0.25) is 4.79 Å². The van der Waals surface area contributed by atoms with Crippen LogP contribution >= 0.6 is 0 Å². The number of alkyl carbamates (subject to hydrolysis) is 1. The Morgan fingerprint density at radius 3 is 2.53 bits per heavy atom. The van der Waals surface area contributed by atoms with E-state index in [0.717, 1.165) is 18.2 Å². The topological polar surface area (TPSA) is 58.6 Å². The zero-order valence-electron chi connectivity index (χ0n) is 18.3. The summed E-state index contributed by atoms with van der Waals surface area (Å²) < 4.78 is 48.2. The molecular formula is C24H27F3N2O3. The number of rotatable bonds is 5. The number of carbonyl (C=O) groups excluding carboxylic acids is 2. The van der Waals surface area contributed by atoms with Crippen LogP contribution in [0.4, 0.5) is 18.0 Å². The zero-order chi connectivity index (χ0) is 23.5. The largest absolute Gasteiger partial charge is 0.444 e. The summed E-state index contributed by atoms with van der Waals surface area (Å²) in [6, 6.07) is 7.52. The predicted molar refractivity (Wildman–Crippen MR) is 113 cm³/mol. The Labute approximate surface area is 185 Å². The number of carbonyl (C=O) groups is 2. The molecular weight excluding hydrogens is 421 g/mol. The minimum absolute atomic E-state index is 0.0485. The molecule has 8 heteroatoms. The molecule has 172 valence electrons. The fourth-order valence-electron chi connectivity index (χ4n) is 3.89. The van der Waals surface area contributed by atoms with Crippen molar-refractivity contribution in [2.24, 2.45) is 0 Å². The molecule has 5 nitrogen and oxygen atoms in total. The smallest absolute Gasteiger partial charge is 0.407 e. The standard InChI is InChI=1S/C24H27F3N2O3/c1-24(2,3)32-23(31)28-20-10-11-21(30)29(13-12-15-6-4-5-7-18(15)26)22(20)17-14-16(25)8-9-19(17)27/h4-9,14,20,22H,10-13H2,1-3H3,(H,28,31)/t20-,22+/m0/s1. The van der Waals surface area contributed by atoms with Crippen molar-refractivity contribution in [3.63, 3.8) is 0 Å². The van der Waals surface area contributed by atoms with Crippen LogP contribution in [0.3, 0.4) is 0 Å². The minimum Gasteiger partial charge on any atom is -0.444 e. The van der Waals surface area contributed by atoms with Crippen molar-refractivity contribution < 1.29 is 27.5 Å². The molecule has 1 aliphatic heterocycles. The molecule has 1 saturated heterocycles. The van der Waals surface area contributed by atoms with Gasteiger partial charge in [0.25, 0.3) is 0 Å². The highest BCUT2D eigenvalue weighted by Crippen LogP contribution is 2.34. The lowest BCUT2D eigenvalue weighted by molar-refractivity contribution is -0.138. The van der Waals surface area contributed by atoms with Gasteiger partial charge in [0, 0.05) is 18.5 Å². The highest BCUT2D eigenvalue weighted by Gasteiger charge is 2.39. The molecule has 32 heavy (non-hydrogen) atoms. The Hall–Kier alpha value is -3.03. The number of nitrogens with one attached hydrogen (secondary N) is 1. The van der Waals surface area contributed by atoms with E-state index in [9.17, 15) is 22.8 Å². The summed E-state index contributed by atoms with van der Waals surface area (Å²) in [7, 11) is 0. The fraction of sp³-hybridized carbons (Fsp3) is 0.417. The van der Waals surface area contributed by atoms with Crippen molar-refractivity contribution in [2.45, 2.75) is 57.7 Å². The third-order valence-electron chi connectivity index (χ3n) is 5.27. The van der Waals surface area contributed by atoms with Crippen LogP contribution < -0.4 is 5.32 Å². The molecule has 2 aromatic carbocycles. The first kappa shape index (κ1) is 23.6. The van der Waals surface area contributed by atoms with Crippen LogP contribution in [0.2, 0.25) is 0 Å². The number of amides is 2.